The summed E-state index contributed by atoms with van der Waals surface area (Å²) in [4.78, 5) is 8.70. The number of hydrogen-bond acceptors (Lipinski definition) is 8. The number of nitrogens with one attached hydrogen (secondary N) is 2. The molecule has 0 amide bonds. The van der Waals surface area contributed by atoms with E-state index in [0.29, 0.717) is 11.4 Å². The standard InChI is InChI=1S/C15H10Br2N8/c16-7-1-6(2-8(17)3-7)12-10-11(20)9(4-18)13(21)24-14(10)25-15(23-12)22-5-19/h1-3,12H,(H6,20,21,22,23,24,25). The Morgan fingerprint density at radius 2 is 1.84 bits per heavy atom. The van der Waals surface area contributed by atoms with Gasteiger partial charge in [-0.3, -0.25) is 5.32 Å². The van der Waals surface area contributed by atoms with Crippen LogP contribution in [0, 0.1) is 22.8 Å². The molecule has 1 atom stereocenters. The van der Waals surface area contributed by atoms with Gasteiger partial charge in [0.2, 0.25) is 5.96 Å². The predicted molar refractivity (Wildman–Crippen MR) is 101 cm³/mol. The molecule has 0 radical (unpaired) electrons. The summed E-state index contributed by atoms with van der Waals surface area (Å²) >= 11 is 6.88. The van der Waals surface area contributed by atoms with Crippen molar-refractivity contribution >= 4 is 55.1 Å². The van der Waals surface area contributed by atoms with Crippen LogP contribution in [0.25, 0.3) is 0 Å². The summed E-state index contributed by atoms with van der Waals surface area (Å²) in [7, 11) is 0. The molecule has 3 rings (SSSR count). The van der Waals surface area contributed by atoms with E-state index in [-0.39, 0.29) is 23.0 Å². The smallest absolute Gasteiger partial charge is 0.211 e. The van der Waals surface area contributed by atoms with Gasteiger partial charge in [-0.25, -0.2) is 9.98 Å². The fraction of sp³-hybridized carbons (Fsp3) is 0.0667. The van der Waals surface area contributed by atoms with Crippen LogP contribution in [0.3, 0.4) is 0 Å². The third-order valence-electron chi connectivity index (χ3n) is 3.56. The first-order valence-corrected chi connectivity index (χ1v) is 8.48. The van der Waals surface area contributed by atoms with Crippen molar-refractivity contribution in [2.24, 2.45) is 4.99 Å². The first-order chi connectivity index (χ1) is 11.9. The molecule has 2 heterocycles. The SMILES string of the molecule is N#CNC1=NC(c2cc(Br)cc(Br)c2)c2c(nc(N)c(C#N)c2N)N1. The van der Waals surface area contributed by atoms with Gasteiger partial charge in [-0.05, 0) is 23.8 Å². The van der Waals surface area contributed by atoms with Gasteiger partial charge in [0.25, 0.3) is 0 Å². The maximum Gasteiger partial charge on any atom is 0.211 e. The molecular weight excluding hydrogens is 452 g/mol. The zero-order chi connectivity index (χ0) is 18.1. The average molecular weight is 462 g/mol. The van der Waals surface area contributed by atoms with Crippen molar-refractivity contribution in [1.82, 2.24) is 10.3 Å². The number of nitrogen functional groups attached to an aromatic ring is 2. The molecule has 0 saturated carbocycles. The van der Waals surface area contributed by atoms with Crippen LogP contribution in [0.15, 0.2) is 32.1 Å². The number of aromatic nitrogens is 1. The van der Waals surface area contributed by atoms with Gasteiger partial charge in [0.15, 0.2) is 6.19 Å². The van der Waals surface area contributed by atoms with E-state index in [2.05, 4.69) is 52.5 Å². The number of guanidine groups is 1. The molecule has 1 aromatic carbocycles. The minimum atomic E-state index is -0.568. The number of benzene rings is 1. The van der Waals surface area contributed by atoms with E-state index in [1.165, 1.54) is 0 Å². The third kappa shape index (κ3) is 3.09. The third-order valence-corrected chi connectivity index (χ3v) is 4.47. The number of nitrogens with two attached hydrogens (primary N) is 2. The van der Waals surface area contributed by atoms with Crippen LogP contribution in [-0.2, 0) is 0 Å². The van der Waals surface area contributed by atoms with Crippen LogP contribution in [0.5, 0.6) is 0 Å². The molecule has 0 bridgehead atoms. The second kappa shape index (κ2) is 6.59. The lowest BCUT2D eigenvalue weighted by atomic mass is 9.95. The molecule has 6 N–H and O–H groups in total. The number of fused-ring (bicyclic) bond motifs is 1. The minimum absolute atomic E-state index is 0.0126. The Labute approximate surface area is 159 Å². The Hall–Kier alpha value is -2.82. The monoisotopic (exact) mass is 460 g/mol. The van der Waals surface area contributed by atoms with Crippen LogP contribution in [-0.4, -0.2) is 10.9 Å². The van der Waals surface area contributed by atoms with Gasteiger partial charge < -0.3 is 16.8 Å². The highest BCUT2D eigenvalue weighted by Crippen LogP contribution is 2.41. The molecule has 10 heteroatoms. The quantitative estimate of drug-likeness (QED) is 0.376. The van der Waals surface area contributed by atoms with E-state index in [9.17, 15) is 5.26 Å². The molecule has 1 unspecified atom stereocenters. The van der Waals surface area contributed by atoms with Crippen LogP contribution in [0.1, 0.15) is 22.7 Å². The first kappa shape index (κ1) is 17.0. The second-order valence-corrected chi connectivity index (χ2v) is 6.94. The fourth-order valence-corrected chi connectivity index (χ4v) is 3.88. The minimum Gasteiger partial charge on any atom is -0.397 e. The van der Waals surface area contributed by atoms with Crippen molar-refractivity contribution in [2.45, 2.75) is 6.04 Å². The van der Waals surface area contributed by atoms with Crippen LogP contribution >= 0.6 is 31.9 Å². The molecule has 8 nitrogen and oxygen atoms in total. The molecule has 2 aromatic rings. The normalized spacial score (nSPS) is 15.2. The molecule has 1 aliphatic heterocycles. The van der Waals surface area contributed by atoms with Gasteiger partial charge in [0.1, 0.15) is 29.3 Å². The second-order valence-electron chi connectivity index (χ2n) is 5.10. The van der Waals surface area contributed by atoms with E-state index in [4.69, 9.17) is 16.7 Å². The largest absolute Gasteiger partial charge is 0.397 e. The van der Waals surface area contributed by atoms with Crippen LogP contribution in [0.2, 0.25) is 0 Å². The number of pyridine rings is 1. The fourth-order valence-electron chi connectivity index (χ4n) is 2.56. The zero-order valence-electron chi connectivity index (χ0n) is 12.5. The lowest BCUT2D eigenvalue weighted by Crippen LogP contribution is -2.32. The first-order valence-electron chi connectivity index (χ1n) is 6.89. The Kier molecular flexibility index (Phi) is 4.49. The lowest BCUT2D eigenvalue weighted by molar-refractivity contribution is 0.845. The van der Waals surface area contributed by atoms with Gasteiger partial charge in [-0.2, -0.15) is 10.5 Å². The summed E-state index contributed by atoms with van der Waals surface area (Å²) in [6, 6.07) is 7.03. The maximum atomic E-state index is 9.31. The molecule has 0 spiro atoms. The summed E-state index contributed by atoms with van der Waals surface area (Å²) in [6.07, 6.45) is 1.81. The van der Waals surface area contributed by atoms with Crippen molar-refractivity contribution in [2.75, 3.05) is 16.8 Å². The predicted octanol–water partition coefficient (Wildman–Crippen LogP) is 2.58. The van der Waals surface area contributed by atoms with Crippen LogP contribution in [0.4, 0.5) is 17.3 Å². The van der Waals surface area contributed by atoms with Gasteiger partial charge in [-0.15, -0.1) is 0 Å². The number of anilines is 3. The molecular formula is C15H10Br2N8. The zero-order valence-corrected chi connectivity index (χ0v) is 15.7. The lowest BCUT2D eigenvalue weighted by Gasteiger charge is -2.26. The number of aliphatic imine (C=N–C) groups is 1. The van der Waals surface area contributed by atoms with E-state index in [0.717, 1.165) is 14.5 Å². The highest BCUT2D eigenvalue weighted by molar-refractivity contribution is 9.11. The van der Waals surface area contributed by atoms with Crippen molar-refractivity contribution in [3.05, 3.63) is 43.8 Å². The number of hydrogen-bond donors (Lipinski definition) is 4. The molecule has 25 heavy (non-hydrogen) atoms. The number of halogens is 2. The van der Waals surface area contributed by atoms with Gasteiger partial charge in [0.05, 0.1) is 5.69 Å². The van der Waals surface area contributed by atoms with E-state index in [1.807, 2.05) is 30.5 Å². The summed E-state index contributed by atoms with van der Waals surface area (Å²) in [5.41, 5.74) is 13.6. The van der Waals surface area contributed by atoms with E-state index >= 15 is 0 Å². The summed E-state index contributed by atoms with van der Waals surface area (Å²) in [5.74, 6) is 0.577. The van der Waals surface area contributed by atoms with Crippen molar-refractivity contribution in [3.8, 4) is 12.3 Å². The topological polar surface area (TPSA) is 149 Å². The van der Waals surface area contributed by atoms with Crippen molar-refractivity contribution < 1.29 is 0 Å². The Morgan fingerprint density at radius 3 is 2.44 bits per heavy atom. The molecule has 124 valence electrons. The van der Waals surface area contributed by atoms with Gasteiger partial charge in [-0.1, -0.05) is 31.9 Å². The Balaban J connectivity index is 2.27. The molecule has 1 aliphatic rings. The number of rotatable bonds is 1. The van der Waals surface area contributed by atoms with Crippen molar-refractivity contribution in [1.29, 1.82) is 10.5 Å². The highest BCUT2D eigenvalue weighted by atomic mass is 79.9. The Morgan fingerprint density at radius 1 is 1.16 bits per heavy atom. The molecule has 1 aromatic heterocycles. The van der Waals surface area contributed by atoms with Crippen molar-refractivity contribution in [3.63, 3.8) is 0 Å². The molecule has 0 aliphatic carbocycles. The van der Waals surface area contributed by atoms with Gasteiger partial charge in [0, 0.05) is 14.5 Å². The molecule has 0 saturated heterocycles. The number of nitriles is 2. The summed E-state index contributed by atoms with van der Waals surface area (Å²) < 4.78 is 1.67. The highest BCUT2D eigenvalue weighted by Gasteiger charge is 2.29. The Bertz CT molecular complexity index is 966. The van der Waals surface area contributed by atoms with Crippen LogP contribution < -0.4 is 22.1 Å². The summed E-state index contributed by atoms with van der Waals surface area (Å²) in [6.45, 7) is 0. The van der Waals surface area contributed by atoms with E-state index in [1.54, 1.807) is 0 Å². The molecule has 0 fully saturated rings. The summed E-state index contributed by atoms with van der Waals surface area (Å²) in [5, 5.41) is 23.5. The number of nitrogens with zero attached hydrogens (tertiary/aromatic N) is 4. The maximum absolute atomic E-state index is 9.31. The van der Waals surface area contributed by atoms with Gasteiger partial charge >= 0.3 is 0 Å². The average Bonchev–Trinajstić information content (AvgIpc) is 2.53. The van der Waals surface area contributed by atoms with E-state index < -0.39 is 6.04 Å².